The van der Waals surface area contributed by atoms with Gasteiger partial charge in [-0.25, -0.2) is 13.1 Å². The lowest BCUT2D eigenvalue weighted by Gasteiger charge is -2.19. The summed E-state index contributed by atoms with van der Waals surface area (Å²) in [6.07, 6.45) is 3.83. The molecule has 9 heteroatoms. The summed E-state index contributed by atoms with van der Waals surface area (Å²) >= 11 is 6.05. The van der Waals surface area contributed by atoms with E-state index in [0.29, 0.717) is 12.1 Å². The molecule has 1 aromatic heterocycles. The van der Waals surface area contributed by atoms with Gasteiger partial charge in [-0.1, -0.05) is 17.7 Å². The fourth-order valence-corrected chi connectivity index (χ4v) is 3.81. The normalized spacial score (nSPS) is 13.8. The molecule has 126 valence electrons. The zero-order chi connectivity index (χ0) is 17.2. The van der Waals surface area contributed by atoms with Gasteiger partial charge in [-0.3, -0.25) is 9.78 Å². The van der Waals surface area contributed by atoms with Crippen LogP contribution in [-0.2, 0) is 21.2 Å². The number of anilines is 1. The molecule has 0 saturated heterocycles. The van der Waals surface area contributed by atoms with Crippen molar-refractivity contribution in [2.45, 2.75) is 11.3 Å². The summed E-state index contributed by atoms with van der Waals surface area (Å²) in [4.78, 5) is 15.2. The van der Waals surface area contributed by atoms with Crippen molar-refractivity contribution in [3.8, 4) is 5.75 Å². The maximum Gasteiger partial charge on any atom is 0.262 e. The minimum atomic E-state index is -3.80. The van der Waals surface area contributed by atoms with Crippen LogP contribution in [0.1, 0.15) is 5.56 Å². The van der Waals surface area contributed by atoms with Crippen LogP contribution >= 0.6 is 11.6 Å². The SMILES string of the molecule is O=C1COc2cc(S(=O)(=O)NCCc3cccnc3)c(Cl)cc2N1. The Hall–Kier alpha value is -2.16. The number of pyridine rings is 1. The molecule has 2 aromatic rings. The maximum absolute atomic E-state index is 12.4. The zero-order valence-electron chi connectivity index (χ0n) is 12.5. The minimum Gasteiger partial charge on any atom is -0.482 e. The van der Waals surface area contributed by atoms with Crippen molar-refractivity contribution in [3.05, 3.63) is 47.2 Å². The van der Waals surface area contributed by atoms with Crippen LogP contribution in [0.25, 0.3) is 0 Å². The highest BCUT2D eigenvalue weighted by Gasteiger charge is 2.24. The maximum atomic E-state index is 12.4. The lowest BCUT2D eigenvalue weighted by atomic mass is 10.2. The fraction of sp³-hybridized carbons (Fsp3) is 0.200. The third-order valence-corrected chi connectivity index (χ3v) is 5.31. The molecule has 0 atom stereocenters. The molecular weight excluding hydrogens is 354 g/mol. The third kappa shape index (κ3) is 3.66. The predicted molar refractivity (Wildman–Crippen MR) is 88.7 cm³/mol. The number of hydrogen-bond acceptors (Lipinski definition) is 5. The van der Waals surface area contributed by atoms with Gasteiger partial charge in [0.05, 0.1) is 10.7 Å². The Bertz CT molecular complexity index is 872. The number of halogens is 1. The Kier molecular flexibility index (Phi) is 4.70. The molecule has 0 fully saturated rings. The number of rotatable bonds is 5. The second kappa shape index (κ2) is 6.76. The van der Waals surface area contributed by atoms with Gasteiger partial charge < -0.3 is 10.1 Å². The summed E-state index contributed by atoms with van der Waals surface area (Å²) in [5, 5.41) is 2.58. The standard InChI is InChI=1S/C15H14ClN3O4S/c16-11-6-12-13(23-9-15(20)19-12)7-14(11)24(21,22)18-5-3-10-2-1-4-17-8-10/h1-2,4,6-8,18H,3,5,9H2,(H,19,20). The molecule has 1 amide bonds. The van der Waals surface area contributed by atoms with Gasteiger partial charge in [0, 0.05) is 25.0 Å². The van der Waals surface area contributed by atoms with Crippen LogP contribution in [-0.4, -0.2) is 32.5 Å². The minimum absolute atomic E-state index is 0.00780. The molecule has 2 N–H and O–H groups in total. The van der Waals surface area contributed by atoms with Gasteiger partial charge in [-0.05, 0) is 24.1 Å². The zero-order valence-corrected chi connectivity index (χ0v) is 14.0. The number of carbonyl (C=O) groups excluding carboxylic acids is 1. The van der Waals surface area contributed by atoms with Crippen molar-refractivity contribution in [1.82, 2.24) is 9.71 Å². The van der Waals surface area contributed by atoms with Gasteiger partial charge in [-0.15, -0.1) is 0 Å². The second-order valence-corrected chi connectivity index (χ2v) is 7.27. The number of hydrogen-bond donors (Lipinski definition) is 2. The predicted octanol–water partition coefficient (Wildman–Crippen LogP) is 1.59. The summed E-state index contributed by atoms with van der Waals surface area (Å²) in [6, 6.07) is 6.33. The first-order chi connectivity index (χ1) is 11.5. The Morgan fingerprint density at radius 3 is 2.96 bits per heavy atom. The molecule has 0 spiro atoms. The van der Waals surface area contributed by atoms with E-state index in [1.54, 1.807) is 18.5 Å². The van der Waals surface area contributed by atoms with Gasteiger partial charge in [-0.2, -0.15) is 0 Å². The van der Waals surface area contributed by atoms with E-state index in [2.05, 4.69) is 15.0 Å². The number of sulfonamides is 1. The van der Waals surface area contributed by atoms with Gasteiger partial charge in [0.15, 0.2) is 6.61 Å². The molecule has 0 radical (unpaired) electrons. The summed E-state index contributed by atoms with van der Waals surface area (Å²) in [7, 11) is -3.80. The fourth-order valence-electron chi connectivity index (χ4n) is 2.24. The quantitative estimate of drug-likeness (QED) is 0.836. The van der Waals surface area contributed by atoms with E-state index in [0.717, 1.165) is 5.56 Å². The molecule has 0 unspecified atom stereocenters. The highest BCUT2D eigenvalue weighted by atomic mass is 35.5. The molecule has 24 heavy (non-hydrogen) atoms. The van der Waals surface area contributed by atoms with Gasteiger partial charge >= 0.3 is 0 Å². The summed E-state index contributed by atoms with van der Waals surface area (Å²) in [5.74, 6) is -0.0459. The highest BCUT2D eigenvalue weighted by Crippen LogP contribution is 2.35. The van der Waals surface area contributed by atoms with Crippen LogP contribution in [0.15, 0.2) is 41.6 Å². The molecule has 1 aliphatic heterocycles. The van der Waals surface area contributed by atoms with Crippen molar-refractivity contribution in [1.29, 1.82) is 0 Å². The molecule has 0 aliphatic carbocycles. The summed E-state index contributed by atoms with van der Waals surface area (Å²) < 4.78 is 32.6. The molecular formula is C15H14ClN3O4S. The number of aromatic nitrogens is 1. The molecule has 2 heterocycles. The number of nitrogens with zero attached hydrogens (tertiary/aromatic N) is 1. The Balaban J connectivity index is 1.76. The monoisotopic (exact) mass is 367 g/mol. The van der Waals surface area contributed by atoms with Crippen LogP contribution < -0.4 is 14.8 Å². The first-order valence-corrected chi connectivity index (χ1v) is 8.96. The van der Waals surface area contributed by atoms with Gasteiger partial charge in [0.2, 0.25) is 10.0 Å². The van der Waals surface area contributed by atoms with Gasteiger partial charge in [0.25, 0.3) is 5.91 Å². The van der Waals surface area contributed by atoms with E-state index in [1.807, 2.05) is 6.07 Å². The number of benzene rings is 1. The molecule has 0 bridgehead atoms. The van der Waals surface area contributed by atoms with E-state index >= 15 is 0 Å². The number of amides is 1. The van der Waals surface area contributed by atoms with Crippen LogP contribution in [0.2, 0.25) is 5.02 Å². The average molecular weight is 368 g/mol. The number of ether oxygens (including phenoxy) is 1. The molecule has 1 aromatic carbocycles. The Morgan fingerprint density at radius 2 is 2.21 bits per heavy atom. The summed E-state index contributed by atoms with van der Waals surface area (Å²) in [6.45, 7) is 0.0432. The van der Waals surface area contributed by atoms with Crippen molar-refractivity contribution in [3.63, 3.8) is 0 Å². The van der Waals surface area contributed by atoms with Crippen molar-refractivity contribution >= 4 is 33.2 Å². The van der Waals surface area contributed by atoms with Crippen LogP contribution in [0.5, 0.6) is 5.75 Å². The molecule has 1 aliphatic rings. The second-order valence-electron chi connectivity index (χ2n) is 5.12. The largest absolute Gasteiger partial charge is 0.482 e. The van der Waals surface area contributed by atoms with E-state index < -0.39 is 10.0 Å². The van der Waals surface area contributed by atoms with Crippen molar-refractivity contribution in [2.24, 2.45) is 0 Å². The van der Waals surface area contributed by atoms with E-state index in [9.17, 15) is 13.2 Å². The van der Waals surface area contributed by atoms with E-state index in [-0.39, 0.29) is 34.7 Å². The first-order valence-electron chi connectivity index (χ1n) is 7.10. The number of nitrogens with one attached hydrogen (secondary N) is 2. The smallest absolute Gasteiger partial charge is 0.262 e. The Labute approximate surface area is 144 Å². The highest BCUT2D eigenvalue weighted by molar-refractivity contribution is 7.89. The van der Waals surface area contributed by atoms with Crippen LogP contribution in [0.3, 0.4) is 0 Å². The third-order valence-electron chi connectivity index (χ3n) is 3.39. The molecule has 3 rings (SSSR count). The number of fused-ring (bicyclic) bond motifs is 1. The first kappa shape index (κ1) is 16.7. The average Bonchev–Trinajstić information content (AvgIpc) is 2.54. The van der Waals surface area contributed by atoms with Crippen LogP contribution in [0, 0.1) is 0 Å². The molecule has 7 nitrogen and oxygen atoms in total. The van der Waals surface area contributed by atoms with Crippen molar-refractivity contribution in [2.75, 3.05) is 18.5 Å². The van der Waals surface area contributed by atoms with E-state index in [1.165, 1.54) is 12.1 Å². The molecule has 0 saturated carbocycles. The topological polar surface area (TPSA) is 97.4 Å². The van der Waals surface area contributed by atoms with E-state index in [4.69, 9.17) is 16.3 Å². The number of carbonyl (C=O) groups is 1. The summed E-state index contributed by atoms with van der Waals surface area (Å²) in [5.41, 5.74) is 1.27. The Morgan fingerprint density at radius 1 is 1.38 bits per heavy atom. The van der Waals surface area contributed by atoms with Crippen LogP contribution in [0.4, 0.5) is 5.69 Å². The lowest BCUT2D eigenvalue weighted by molar-refractivity contribution is -0.118. The van der Waals surface area contributed by atoms with Gasteiger partial charge in [0.1, 0.15) is 10.6 Å². The lowest BCUT2D eigenvalue weighted by Crippen LogP contribution is -2.28. The van der Waals surface area contributed by atoms with Crippen molar-refractivity contribution < 1.29 is 17.9 Å².